The molecule has 0 bridgehead atoms. The van der Waals surface area contributed by atoms with Crippen LogP contribution in [0.2, 0.25) is 0 Å². The molecule has 0 unspecified atom stereocenters. The Kier molecular flexibility index (Phi) is 6.07. The second-order valence-electron chi connectivity index (χ2n) is 5.01. The van der Waals surface area contributed by atoms with Gasteiger partial charge in [0.05, 0.1) is 23.9 Å². The zero-order valence-corrected chi connectivity index (χ0v) is 14.1. The highest BCUT2D eigenvalue weighted by atomic mass is 32.2. The zero-order chi connectivity index (χ0) is 16.0. The summed E-state index contributed by atoms with van der Waals surface area (Å²) in [5, 5.41) is 2.85. The van der Waals surface area contributed by atoms with E-state index in [9.17, 15) is 13.2 Å². The normalized spacial score (nSPS) is 19.8. The molecule has 0 radical (unpaired) electrons. The second kappa shape index (κ2) is 7.82. The summed E-state index contributed by atoms with van der Waals surface area (Å²) in [5.41, 5.74) is 0.825. The monoisotopic (exact) mass is 344 g/mol. The van der Waals surface area contributed by atoms with Crippen LogP contribution < -0.4 is 10.1 Å². The molecule has 1 aromatic heterocycles. The largest absolute Gasteiger partial charge is 0.478 e. The minimum Gasteiger partial charge on any atom is -0.478 e. The van der Waals surface area contributed by atoms with Crippen molar-refractivity contribution < 1.29 is 17.9 Å². The Morgan fingerprint density at radius 3 is 3.05 bits per heavy atom. The van der Waals surface area contributed by atoms with Gasteiger partial charge in [-0.15, -0.1) is 11.8 Å². The molecule has 1 atom stereocenters. The Morgan fingerprint density at radius 1 is 1.55 bits per heavy atom. The molecule has 1 fully saturated rings. The zero-order valence-electron chi connectivity index (χ0n) is 12.4. The summed E-state index contributed by atoms with van der Waals surface area (Å²) in [6.45, 7) is 2.75. The van der Waals surface area contributed by atoms with E-state index in [4.69, 9.17) is 4.74 Å². The van der Waals surface area contributed by atoms with Crippen LogP contribution in [0.4, 0.5) is 0 Å². The maximum absolute atomic E-state index is 11.9. The Morgan fingerprint density at radius 2 is 2.36 bits per heavy atom. The molecule has 0 saturated carbocycles. The quantitative estimate of drug-likeness (QED) is 0.795. The molecule has 6 nitrogen and oxygen atoms in total. The van der Waals surface area contributed by atoms with Crippen LogP contribution in [0.5, 0.6) is 5.88 Å². The number of aromatic nitrogens is 1. The molecule has 22 heavy (non-hydrogen) atoms. The lowest BCUT2D eigenvalue weighted by molar-refractivity contribution is -0.118. The van der Waals surface area contributed by atoms with Gasteiger partial charge in [-0.25, -0.2) is 13.4 Å². The van der Waals surface area contributed by atoms with Gasteiger partial charge < -0.3 is 10.1 Å². The first-order valence-electron chi connectivity index (χ1n) is 7.15. The fourth-order valence-electron chi connectivity index (χ4n) is 2.16. The number of carbonyl (C=O) groups excluding carboxylic acids is 1. The predicted octanol–water partition coefficient (Wildman–Crippen LogP) is 1.02. The van der Waals surface area contributed by atoms with Gasteiger partial charge >= 0.3 is 0 Å². The third-order valence-electron chi connectivity index (χ3n) is 3.25. The van der Waals surface area contributed by atoms with Crippen molar-refractivity contribution in [3.8, 4) is 5.88 Å². The highest BCUT2D eigenvalue weighted by Crippen LogP contribution is 2.24. The molecule has 1 N–H and O–H groups in total. The highest BCUT2D eigenvalue weighted by Gasteiger charge is 2.28. The third-order valence-corrected chi connectivity index (χ3v) is 6.53. The Hall–Kier alpha value is -1.28. The maximum atomic E-state index is 11.9. The molecule has 1 aliphatic heterocycles. The van der Waals surface area contributed by atoms with Crippen LogP contribution in [0.25, 0.3) is 0 Å². The number of carbonyl (C=O) groups is 1. The van der Waals surface area contributed by atoms with Gasteiger partial charge in [0, 0.05) is 23.6 Å². The lowest BCUT2D eigenvalue weighted by Crippen LogP contribution is -2.26. The van der Waals surface area contributed by atoms with Crippen LogP contribution in [0.1, 0.15) is 18.9 Å². The van der Waals surface area contributed by atoms with E-state index in [1.54, 1.807) is 12.3 Å². The Bertz CT molecular complexity index is 619. The number of nitrogens with one attached hydrogen (secondary N) is 1. The standard InChI is InChI=1S/C14H20N2O4S2/c1-2-20-14-11(4-3-6-15-14)8-16-13(17)9-21-12-5-7-22(18,19)10-12/h3-4,6,12H,2,5,7-10H2,1H3,(H,16,17)/t12-/m0/s1. The van der Waals surface area contributed by atoms with Gasteiger partial charge in [0.2, 0.25) is 11.8 Å². The summed E-state index contributed by atoms with van der Waals surface area (Å²) in [6, 6.07) is 3.65. The fraction of sp³-hybridized carbons (Fsp3) is 0.571. The lowest BCUT2D eigenvalue weighted by atomic mass is 10.2. The SMILES string of the molecule is CCOc1ncccc1CNC(=O)CS[C@H]1CCS(=O)(=O)C1. The van der Waals surface area contributed by atoms with Gasteiger partial charge in [-0.3, -0.25) is 4.79 Å². The number of thioether (sulfide) groups is 1. The smallest absolute Gasteiger partial charge is 0.230 e. The number of hydrogen-bond donors (Lipinski definition) is 1. The molecule has 1 amide bonds. The van der Waals surface area contributed by atoms with Crippen LogP contribution in [0, 0.1) is 0 Å². The lowest BCUT2D eigenvalue weighted by Gasteiger charge is -2.11. The van der Waals surface area contributed by atoms with E-state index in [-0.39, 0.29) is 28.4 Å². The van der Waals surface area contributed by atoms with Gasteiger partial charge in [0.15, 0.2) is 9.84 Å². The van der Waals surface area contributed by atoms with Crippen LogP contribution in [-0.4, -0.2) is 48.4 Å². The van der Waals surface area contributed by atoms with Crippen LogP contribution in [-0.2, 0) is 21.2 Å². The van der Waals surface area contributed by atoms with E-state index in [0.717, 1.165) is 5.56 Å². The van der Waals surface area contributed by atoms with Crippen molar-refractivity contribution in [2.45, 2.75) is 25.1 Å². The maximum Gasteiger partial charge on any atom is 0.230 e. The minimum absolute atomic E-state index is 0.0353. The Balaban J connectivity index is 1.76. The number of ether oxygens (including phenoxy) is 1. The van der Waals surface area contributed by atoms with Gasteiger partial charge in [-0.2, -0.15) is 0 Å². The van der Waals surface area contributed by atoms with Crippen LogP contribution >= 0.6 is 11.8 Å². The number of hydrogen-bond acceptors (Lipinski definition) is 6. The molecule has 1 saturated heterocycles. The fourth-order valence-corrected chi connectivity index (χ4v) is 5.63. The highest BCUT2D eigenvalue weighted by molar-refractivity contribution is 8.02. The average Bonchev–Trinajstić information content (AvgIpc) is 2.84. The molecular formula is C14H20N2O4S2. The molecule has 0 aliphatic carbocycles. The molecular weight excluding hydrogens is 324 g/mol. The van der Waals surface area contributed by atoms with E-state index in [2.05, 4.69) is 10.3 Å². The predicted molar refractivity (Wildman–Crippen MR) is 86.8 cm³/mol. The molecule has 122 valence electrons. The number of nitrogens with zero attached hydrogens (tertiary/aromatic N) is 1. The van der Waals surface area contributed by atoms with Gasteiger partial charge in [-0.1, -0.05) is 6.07 Å². The first-order valence-corrected chi connectivity index (χ1v) is 10.0. The summed E-state index contributed by atoms with van der Waals surface area (Å²) in [5.74, 6) is 1.10. The molecule has 1 aliphatic rings. The first kappa shape index (κ1) is 17.1. The average molecular weight is 344 g/mol. The molecule has 2 rings (SSSR count). The molecule has 2 heterocycles. The van der Waals surface area contributed by atoms with Gasteiger partial charge in [-0.05, 0) is 19.4 Å². The van der Waals surface area contributed by atoms with Crippen molar-refractivity contribution in [1.29, 1.82) is 0 Å². The number of rotatable bonds is 7. The number of sulfone groups is 1. The van der Waals surface area contributed by atoms with Crippen molar-refractivity contribution in [2.24, 2.45) is 0 Å². The van der Waals surface area contributed by atoms with Crippen molar-refractivity contribution in [1.82, 2.24) is 10.3 Å². The van der Waals surface area contributed by atoms with Crippen LogP contribution in [0.15, 0.2) is 18.3 Å². The summed E-state index contributed by atoms with van der Waals surface area (Å²) in [7, 11) is -2.89. The van der Waals surface area contributed by atoms with E-state index >= 15 is 0 Å². The summed E-state index contributed by atoms with van der Waals surface area (Å²) < 4.78 is 28.1. The van der Waals surface area contributed by atoms with Crippen molar-refractivity contribution >= 4 is 27.5 Å². The second-order valence-corrected chi connectivity index (χ2v) is 8.53. The first-order chi connectivity index (χ1) is 10.5. The summed E-state index contributed by atoms with van der Waals surface area (Å²) >= 11 is 1.41. The molecule has 1 aromatic rings. The van der Waals surface area contributed by atoms with E-state index in [1.165, 1.54) is 11.8 Å². The van der Waals surface area contributed by atoms with Crippen molar-refractivity contribution in [2.75, 3.05) is 23.9 Å². The topological polar surface area (TPSA) is 85.4 Å². The minimum atomic E-state index is -2.89. The number of amides is 1. The van der Waals surface area contributed by atoms with Crippen LogP contribution in [0.3, 0.4) is 0 Å². The van der Waals surface area contributed by atoms with E-state index < -0.39 is 9.84 Å². The molecule has 8 heteroatoms. The van der Waals surface area contributed by atoms with Crippen molar-refractivity contribution in [3.63, 3.8) is 0 Å². The van der Waals surface area contributed by atoms with E-state index in [0.29, 0.717) is 25.5 Å². The third kappa shape index (κ3) is 5.17. The molecule has 0 aromatic carbocycles. The van der Waals surface area contributed by atoms with E-state index in [1.807, 2.05) is 13.0 Å². The summed E-state index contributed by atoms with van der Waals surface area (Å²) in [4.78, 5) is 16.0. The summed E-state index contributed by atoms with van der Waals surface area (Å²) in [6.07, 6.45) is 2.28. The Labute approximate surface area is 135 Å². The molecule has 0 spiro atoms. The van der Waals surface area contributed by atoms with Gasteiger partial charge in [0.25, 0.3) is 0 Å². The van der Waals surface area contributed by atoms with Crippen molar-refractivity contribution in [3.05, 3.63) is 23.9 Å². The number of pyridine rings is 1. The van der Waals surface area contributed by atoms with Gasteiger partial charge in [0.1, 0.15) is 0 Å².